The van der Waals surface area contributed by atoms with E-state index in [1.807, 2.05) is 31.2 Å². The molecule has 1 saturated carbocycles. The standard InChI is InChI=1S/C25H31FN2O2/c1-18-9-8-10-20(15-18)16-24(29)28(17-21-11-6-7-14-23(21)26)19(2)25(30)27-22-12-4-3-5-13-22/h6-11,14-15,19,22H,3-5,12-13,16-17H2,1-2H3,(H,27,30). The molecule has 0 bridgehead atoms. The molecule has 0 aromatic heterocycles. The molecule has 1 unspecified atom stereocenters. The second-order valence-corrected chi connectivity index (χ2v) is 8.30. The van der Waals surface area contributed by atoms with Crippen LogP contribution in [0.15, 0.2) is 48.5 Å². The first kappa shape index (κ1) is 22.0. The number of rotatable bonds is 7. The Morgan fingerprint density at radius 1 is 1.10 bits per heavy atom. The van der Waals surface area contributed by atoms with E-state index in [1.165, 1.54) is 17.4 Å². The number of hydrogen-bond donors (Lipinski definition) is 1. The number of amides is 2. The molecule has 0 aliphatic heterocycles. The molecule has 5 heteroatoms. The lowest BCUT2D eigenvalue weighted by Gasteiger charge is -2.31. The van der Waals surface area contributed by atoms with Crippen molar-refractivity contribution < 1.29 is 14.0 Å². The highest BCUT2D eigenvalue weighted by Crippen LogP contribution is 2.19. The molecule has 1 aliphatic rings. The van der Waals surface area contributed by atoms with Crippen LogP contribution < -0.4 is 5.32 Å². The van der Waals surface area contributed by atoms with Gasteiger partial charge in [-0.1, -0.05) is 67.3 Å². The second kappa shape index (κ2) is 10.4. The van der Waals surface area contributed by atoms with E-state index in [2.05, 4.69) is 5.32 Å². The third-order valence-corrected chi connectivity index (χ3v) is 5.86. The lowest BCUT2D eigenvalue weighted by Crippen LogP contribution is -2.50. The van der Waals surface area contributed by atoms with Gasteiger partial charge in [0, 0.05) is 18.2 Å². The van der Waals surface area contributed by atoms with Crippen LogP contribution in [-0.2, 0) is 22.6 Å². The largest absolute Gasteiger partial charge is 0.352 e. The summed E-state index contributed by atoms with van der Waals surface area (Å²) >= 11 is 0. The minimum Gasteiger partial charge on any atom is -0.352 e. The molecule has 3 rings (SSSR count). The highest BCUT2D eigenvalue weighted by atomic mass is 19.1. The molecule has 160 valence electrons. The summed E-state index contributed by atoms with van der Waals surface area (Å²) in [5.41, 5.74) is 2.37. The minimum atomic E-state index is -0.677. The first-order valence-corrected chi connectivity index (χ1v) is 10.8. The Bertz CT molecular complexity index is 877. The van der Waals surface area contributed by atoms with Crippen LogP contribution in [-0.4, -0.2) is 28.8 Å². The normalized spacial score (nSPS) is 15.4. The zero-order chi connectivity index (χ0) is 21.5. The highest BCUT2D eigenvalue weighted by Gasteiger charge is 2.28. The third-order valence-electron chi connectivity index (χ3n) is 5.86. The van der Waals surface area contributed by atoms with E-state index in [1.54, 1.807) is 25.1 Å². The molecular formula is C25H31FN2O2. The first-order chi connectivity index (χ1) is 14.4. The van der Waals surface area contributed by atoms with Crippen molar-refractivity contribution in [3.8, 4) is 0 Å². The molecule has 1 aliphatic carbocycles. The number of hydrogen-bond acceptors (Lipinski definition) is 2. The van der Waals surface area contributed by atoms with Gasteiger partial charge in [0.05, 0.1) is 6.42 Å². The summed E-state index contributed by atoms with van der Waals surface area (Å²) < 4.78 is 14.3. The summed E-state index contributed by atoms with van der Waals surface area (Å²) in [5, 5.41) is 3.10. The van der Waals surface area contributed by atoms with Crippen LogP contribution in [0.1, 0.15) is 55.7 Å². The van der Waals surface area contributed by atoms with Gasteiger partial charge in [0.2, 0.25) is 11.8 Å². The van der Waals surface area contributed by atoms with Gasteiger partial charge in [-0.2, -0.15) is 0 Å². The zero-order valence-electron chi connectivity index (χ0n) is 17.9. The maximum absolute atomic E-state index is 14.3. The molecular weight excluding hydrogens is 379 g/mol. The molecule has 0 saturated heterocycles. The SMILES string of the molecule is Cc1cccc(CC(=O)N(Cc2ccccc2F)C(C)C(=O)NC2CCCCC2)c1. The molecule has 0 radical (unpaired) electrons. The lowest BCUT2D eigenvalue weighted by molar-refractivity contribution is -0.140. The zero-order valence-corrected chi connectivity index (χ0v) is 17.9. The molecule has 0 spiro atoms. The van der Waals surface area contributed by atoms with Gasteiger partial charge in [0.15, 0.2) is 0 Å². The molecule has 2 amide bonds. The fourth-order valence-electron chi connectivity index (χ4n) is 4.06. The van der Waals surface area contributed by atoms with E-state index in [9.17, 15) is 14.0 Å². The number of nitrogens with one attached hydrogen (secondary N) is 1. The van der Waals surface area contributed by atoms with Gasteiger partial charge in [-0.15, -0.1) is 0 Å². The summed E-state index contributed by atoms with van der Waals surface area (Å²) in [7, 11) is 0. The first-order valence-electron chi connectivity index (χ1n) is 10.8. The van der Waals surface area contributed by atoms with Gasteiger partial charge in [0.1, 0.15) is 11.9 Å². The Morgan fingerprint density at radius 3 is 2.53 bits per heavy atom. The van der Waals surface area contributed by atoms with Crippen LogP contribution >= 0.6 is 0 Å². The quantitative estimate of drug-likeness (QED) is 0.728. The molecule has 1 fully saturated rings. The van der Waals surface area contributed by atoms with E-state index in [-0.39, 0.29) is 36.6 Å². The average molecular weight is 411 g/mol. The summed E-state index contributed by atoms with van der Waals surface area (Å²) in [5.74, 6) is -0.725. The van der Waals surface area contributed by atoms with Gasteiger partial charge in [-0.05, 0) is 38.3 Å². The van der Waals surface area contributed by atoms with Crippen LogP contribution in [0.2, 0.25) is 0 Å². The van der Waals surface area contributed by atoms with Crippen molar-refractivity contribution in [2.75, 3.05) is 0 Å². The predicted molar refractivity (Wildman–Crippen MR) is 116 cm³/mol. The number of nitrogens with zero attached hydrogens (tertiary/aromatic N) is 1. The molecule has 30 heavy (non-hydrogen) atoms. The number of benzene rings is 2. The number of aryl methyl sites for hydroxylation is 1. The molecule has 2 aromatic rings. The lowest BCUT2D eigenvalue weighted by atomic mass is 9.95. The maximum atomic E-state index is 14.3. The monoisotopic (exact) mass is 410 g/mol. The topological polar surface area (TPSA) is 49.4 Å². The van der Waals surface area contributed by atoms with Crippen LogP contribution in [0.25, 0.3) is 0 Å². The van der Waals surface area contributed by atoms with Gasteiger partial charge in [-0.3, -0.25) is 9.59 Å². The van der Waals surface area contributed by atoms with Gasteiger partial charge in [0.25, 0.3) is 0 Å². The van der Waals surface area contributed by atoms with Crippen molar-refractivity contribution in [1.82, 2.24) is 10.2 Å². The Kier molecular flexibility index (Phi) is 7.61. The fraction of sp³-hybridized carbons (Fsp3) is 0.440. The van der Waals surface area contributed by atoms with Gasteiger partial charge in [-0.25, -0.2) is 4.39 Å². The highest BCUT2D eigenvalue weighted by molar-refractivity contribution is 5.88. The summed E-state index contributed by atoms with van der Waals surface area (Å²) in [6.45, 7) is 3.77. The van der Waals surface area contributed by atoms with Crippen molar-refractivity contribution in [3.63, 3.8) is 0 Å². The average Bonchev–Trinajstić information content (AvgIpc) is 2.73. The van der Waals surface area contributed by atoms with Crippen LogP contribution in [0.3, 0.4) is 0 Å². The minimum absolute atomic E-state index is 0.0660. The van der Waals surface area contributed by atoms with Crippen molar-refractivity contribution in [2.24, 2.45) is 0 Å². The Labute approximate surface area is 178 Å². The second-order valence-electron chi connectivity index (χ2n) is 8.30. The molecule has 4 nitrogen and oxygen atoms in total. The third kappa shape index (κ3) is 5.91. The van der Waals surface area contributed by atoms with Crippen LogP contribution in [0.5, 0.6) is 0 Å². The van der Waals surface area contributed by atoms with E-state index in [0.717, 1.165) is 36.8 Å². The summed E-state index contributed by atoms with van der Waals surface area (Å²) in [6, 6.07) is 13.7. The van der Waals surface area contributed by atoms with E-state index < -0.39 is 6.04 Å². The van der Waals surface area contributed by atoms with Gasteiger partial charge >= 0.3 is 0 Å². The number of halogens is 1. The Balaban J connectivity index is 1.77. The van der Waals surface area contributed by atoms with Crippen molar-refractivity contribution >= 4 is 11.8 Å². The van der Waals surface area contributed by atoms with Crippen molar-refractivity contribution in [1.29, 1.82) is 0 Å². The molecule has 2 aromatic carbocycles. The van der Waals surface area contributed by atoms with E-state index in [0.29, 0.717) is 5.56 Å². The molecule has 0 heterocycles. The van der Waals surface area contributed by atoms with Crippen LogP contribution in [0, 0.1) is 12.7 Å². The number of carbonyl (C=O) groups is 2. The fourth-order valence-corrected chi connectivity index (χ4v) is 4.06. The van der Waals surface area contributed by atoms with Gasteiger partial charge < -0.3 is 10.2 Å². The Morgan fingerprint density at radius 2 is 1.83 bits per heavy atom. The summed E-state index contributed by atoms with van der Waals surface area (Å²) in [4.78, 5) is 27.6. The van der Waals surface area contributed by atoms with E-state index in [4.69, 9.17) is 0 Å². The summed E-state index contributed by atoms with van der Waals surface area (Å²) in [6.07, 6.45) is 5.56. The molecule has 1 N–H and O–H groups in total. The smallest absolute Gasteiger partial charge is 0.242 e. The predicted octanol–water partition coefficient (Wildman–Crippen LogP) is 4.54. The van der Waals surface area contributed by atoms with Crippen molar-refractivity contribution in [2.45, 2.75) is 71.0 Å². The van der Waals surface area contributed by atoms with E-state index >= 15 is 0 Å². The number of carbonyl (C=O) groups excluding carboxylic acids is 2. The van der Waals surface area contributed by atoms with Crippen molar-refractivity contribution in [3.05, 3.63) is 71.0 Å². The molecule has 1 atom stereocenters. The maximum Gasteiger partial charge on any atom is 0.242 e. The Hall–Kier alpha value is -2.69. The van der Waals surface area contributed by atoms with Crippen LogP contribution in [0.4, 0.5) is 4.39 Å².